The maximum absolute atomic E-state index is 13.3. The number of amides is 3. The molecule has 0 bridgehead atoms. The number of rotatable bonds is 5. The van der Waals surface area contributed by atoms with Gasteiger partial charge in [-0.2, -0.15) is 0 Å². The second kappa shape index (κ2) is 7.08. The van der Waals surface area contributed by atoms with Crippen LogP contribution in [0.3, 0.4) is 0 Å². The highest BCUT2D eigenvalue weighted by molar-refractivity contribution is 6.32. The number of carbonyl (C=O) groups excluding carboxylic acids is 2. The van der Waals surface area contributed by atoms with Crippen LogP contribution in [0.1, 0.15) is 18.1 Å². The van der Waals surface area contributed by atoms with Gasteiger partial charge in [0.15, 0.2) is 5.75 Å². The van der Waals surface area contributed by atoms with E-state index in [1.54, 1.807) is 0 Å². The van der Waals surface area contributed by atoms with Crippen LogP contribution in [0.15, 0.2) is 36.4 Å². The minimum Gasteiger partial charge on any atom is -0.490 e. The summed E-state index contributed by atoms with van der Waals surface area (Å²) in [6.45, 7) is 1.27. The SMILES string of the molecule is COc1ccc(CN2C(=O)NC(C)(c3ccc(F)cc3Cl)C2=O)cc1[N+](=O)[O-]. The molecule has 1 N–H and O–H groups in total. The Balaban J connectivity index is 1.92. The first kappa shape index (κ1) is 19.6. The highest BCUT2D eigenvalue weighted by Crippen LogP contribution is 2.35. The van der Waals surface area contributed by atoms with Gasteiger partial charge in [-0.1, -0.05) is 23.7 Å². The van der Waals surface area contributed by atoms with Gasteiger partial charge in [0, 0.05) is 16.7 Å². The molecule has 0 spiro atoms. The van der Waals surface area contributed by atoms with E-state index < -0.39 is 28.2 Å². The van der Waals surface area contributed by atoms with Gasteiger partial charge in [0.2, 0.25) is 0 Å². The molecule has 2 aromatic carbocycles. The lowest BCUT2D eigenvalue weighted by molar-refractivity contribution is -0.385. The van der Waals surface area contributed by atoms with Gasteiger partial charge >= 0.3 is 11.7 Å². The molecule has 1 saturated heterocycles. The van der Waals surface area contributed by atoms with Crippen LogP contribution in [0.4, 0.5) is 14.9 Å². The molecule has 3 amide bonds. The maximum Gasteiger partial charge on any atom is 0.325 e. The Labute approximate surface area is 164 Å². The molecule has 1 heterocycles. The number of nitrogens with one attached hydrogen (secondary N) is 1. The highest BCUT2D eigenvalue weighted by Gasteiger charge is 2.49. The number of hydrogen-bond acceptors (Lipinski definition) is 5. The van der Waals surface area contributed by atoms with Gasteiger partial charge in [-0.05, 0) is 30.7 Å². The number of methoxy groups -OCH3 is 1. The number of benzene rings is 2. The van der Waals surface area contributed by atoms with Crippen LogP contribution >= 0.6 is 11.6 Å². The van der Waals surface area contributed by atoms with E-state index in [4.69, 9.17) is 16.3 Å². The molecule has 0 aromatic heterocycles. The Morgan fingerprint density at radius 1 is 1.29 bits per heavy atom. The van der Waals surface area contributed by atoms with Gasteiger partial charge in [0.25, 0.3) is 5.91 Å². The van der Waals surface area contributed by atoms with Gasteiger partial charge in [-0.3, -0.25) is 19.8 Å². The summed E-state index contributed by atoms with van der Waals surface area (Å²) in [5.74, 6) is -1.12. The zero-order valence-electron chi connectivity index (χ0n) is 14.9. The van der Waals surface area contributed by atoms with E-state index in [1.165, 1.54) is 38.3 Å². The van der Waals surface area contributed by atoms with Gasteiger partial charge in [0.05, 0.1) is 18.6 Å². The Morgan fingerprint density at radius 3 is 2.61 bits per heavy atom. The van der Waals surface area contributed by atoms with Crippen molar-refractivity contribution in [2.45, 2.75) is 19.0 Å². The van der Waals surface area contributed by atoms with Gasteiger partial charge in [0.1, 0.15) is 11.4 Å². The Hall–Kier alpha value is -3.20. The van der Waals surface area contributed by atoms with Crippen LogP contribution in [0.25, 0.3) is 0 Å². The number of halogens is 2. The van der Waals surface area contributed by atoms with Crippen LogP contribution < -0.4 is 10.1 Å². The van der Waals surface area contributed by atoms with Gasteiger partial charge in [-0.15, -0.1) is 0 Å². The number of nitro groups is 1. The van der Waals surface area contributed by atoms with E-state index in [-0.39, 0.29) is 28.6 Å². The van der Waals surface area contributed by atoms with E-state index in [1.807, 2.05) is 0 Å². The van der Waals surface area contributed by atoms with Crippen LogP contribution in [-0.4, -0.2) is 28.9 Å². The van der Waals surface area contributed by atoms with E-state index in [0.717, 1.165) is 17.0 Å². The molecule has 1 unspecified atom stereocenters. The van der Waals surface area contributed by atoms with Crippen molar-refractivity contribution in [3.05, 3.63) is 68.5 Å². The molecule has 3 rings (SSSR count). The summed E-state index contributed by atoms with van der Waals surface area (Å²) in [6.07, 6.45) is 0. The summed E-state index contributed by atoms with van der Waals surface area (Å²) in [7, 11) is 1.30. The zero-order chi connectivity index (χ0) is 20.6. The summed E-state index contributed by atoms with van der Waals surface area (Å²) in [4.78, 5) is 36.8. The molecular weight excluding hydrogens is 393 g/mol. The number of carbonyl (C=O) groups is 2. The van der Waals surface area contributed by atoms with Crippen LogP contribution in [0, 0.1) is 15.9 Å². The molecule has 1 aliphatic heterocycles. The average Bonchev–Trinajstić information content (AvgIpc) is 2.85. The van der Waals surface area contributed by atoms with E-state index in [0.29, 0.717) is 5.56 Å². The fourth-order valence-corrected chi connectivity index (χ4v) is 3.43. The quantitative estimate of drug-likeness (QED) is 0.465. The summed E-state index contributed by atoms with van der Waals surface area (Å²) >= 11 is 6.06. The number of imide groups is 1. The summed E-state index contributed by atoms with van der Waals surface area (Å²) < 4.78 is 18.3. The number of nitrogens with zero attached hydrogens (tertiary/aromatic N) is 2. The summed E-state index contributed by atoms with van der Waals surface area (Å²) in [6, 6.07) is 6.98. The smallest absolute Gasteiger partial charge is 0.325 e. The van der Waals surface area contributed by atoms with Crippen molar-refractivity contribution in [1.29, 1.82) is 0 Å². The first-order valence-corrected chi connectivity index (χ1v) is 8.46. The van der Waals surface area contributed by atoms with E-state index >= 15 is 0 Å². The van der Waals surface area contributed by atoms with Crippen molar-refractivity contribution >= 4 is 29.2 Å². The summed E-state index contributed by atoms with van der Waals surface area (Å²) in [5.41, 5.74) is -1.15. The minimum absolute atomic E-state index is 0.00177. The molecule has 10 heteroatoms. The number of hydrogen-bond donors (Lipinski definition) is 1. The number of urea groups is 1. The monoisotopic (exact) mass is 407 g/mol. The van der Waals surface area contributed by atoms with E-state index in [2.05, 4.69) is 5.32 Å². The molecule has 28 heavy (non-hydrogen) atoms. The fourth-order valence-electron chi connectivity index (χ4n) is 3.08. The average molecular weight is 408 g/mol. The molecule has 1 atom stereocenters. The lowest BCUT2D eigenvalue weighted by Crippen LogP contribution is -2.41. The van der Waals surface area contributed by atoms with E-state index in [9.17, 15) is 24.1 Å². The summed E-state index contributed by atoms with van der Waals surface area (Å²) in [5, 5.41) is 13.7. The first-order valence-electron chi connectivity index (χ1n) is 8.08. The highest BCUT2D eigenvalue weighted by atomic mass is 35.5. The largest absolute Gasteiger partial charge is 0.490 e. The second-order valence-corrected chi connectivity index (χ2v) is 6.74. The lowest BCUT2D eigenvalue weighted by atomic mass is 9.92. The number of ether oxygens (including phenoxy) is 1. The third kappa shape index (κ3) is 3.24. The zero-order valence-corrected chi connectivity index (χ0v) is 15.6. The topological polar surface area (TPSA) is 102 Å². The van der Waals surface area contributed by atoms with Crippen LogP contribution in [-0.2, 0) is 16.9 Å². The van der Waals surface area contributed by atoms with Crippen LogP contribution in [0.5, 0.6) is 5.75 Å². The molecule has 0 saturated carbocycles. The second-order valence-electron chi connectivity index (χ2n) is 6.33. The molecule has 1 aliphatic rings. The standard InChI is InChI=1S/C18H15ClFN3O5/c1-18(12-5-4-11(20)8-13(12)19)16(24)22(17(25)21-18)9-10-3-6-15(28-2)14(7-10)23(26)27/h3-8H,9H2,1-2H3,(H,21,25). The minimum atomic E-state index is -1.49. The molecule has 0 radical (unpaired) electrons. The first-order chi connectivity index (χ1) is 13.2. The van der Waals surface area contributed by atoms with Crippen molar-refractivity contribution < 1.29 is 23.6 Å². The third-order valence-electron chi connectivity index (χ3n) is 4.53. The molecular formula is C18H15ClFN3O5. The van der Waals surface area contributed by atoms with Gasteiger partial charge < -0.3 is 10.1 Å². The molecule has 146 valence electrons. The lowest BCUT2D eigenvalue weighted by Gasteiger charge is -2.23. The predicted molar refractivity (Wildman–Crippen MR) is 97.5 cm³/mol. The molecule has 0 aliphatic carbocycles. The Bertz CT molecular complexity index is 999. The molecule has 1 fully saturated rings. The fraction of sp³-hybridized carbons (Fsp3) is 0.222. The molecule has 2 aromatic rings. The van der Waals surface area contributed by atoms with Gasteiger partial charge in [-0.25, -0.2) is 9.18 Å². The van der Waals surface area contributed by atoms with Crippen molar-refractivity contribution in [1.82, 2.24) is 10.2 Å². The van der Waals surface area contributed by atoms with Crippen LogP contribution in [0.2, 0.25) is 5.02 Å². The van der Waals surface area contributed by atoms with Crippen molar-refractivity contribution in [3.63, 3.8) is 0 Å². The molecule has 8 nitrogen and oxygen atoms in total. The maximum atomic E-state index is 13.3. The third-order valence-corrected chi connectivity index (χ3v) is 4.84. The van der Waals surface area contributed by atoms with Crippen molar-refractivity contribution in [2.24, 2.45) is 0 Å². The Morgan fingerprint density at radius 2 is 2.00 bits per heavy atom. The normalized spacial score (nSPS) is 18.9. The number of nitro benzene ring substituents is 1. The van der Waals surface area contributed by atoms with Crippen molar-refractivity contribution in [2.75, 3.05) is 7.11 Å². The predicted octanol–water partition coefficient (Wildman–Crippen LogP) is 3.36. The Kier molecular flexibility index (Phi) is 4.95. The van der Waals surface area contributed by atoms with Crippen molar-refractivity contribution in [3.8, 4) is 5.75 Å².